The Bertz CT molecular complexity index is 1470. The quantitative estimate of drug-likeness (QED) is 0.423. The molecule has 0 radical (unpaired) electrons. The van der Waals surface area contributed by atoms with E-state index in [-0.39, 0.29) is 22.7 Å². The normalized spacial score (nSPS) is 23.5. The number of fused-ring (bicyclic) bond motifs is 4. The Labute approximate surface area is 231 Å². The number of aryl methyl sites for hydroxylation is 2. The molecular formula is C31H37N3O4S. The van der Waals surface area contributed by atoms with Gasteiger partial charge >= 0.3 is 0 Å². The van der Waals surface area contributed by atoms with E-state index in [9.17, 15) is 8.42 Å². The van der Waals surface area contributed by atoms with E-state index in [1.54, 1.807) is 6.07 Å². The van der Waals surface area contributed by atoms with Crippen LogP contribution < -0.4 is 9.46 Å². The molecule has 2 aromatic carbocycles. The van der Waals surface area contributed by atoms with E-state index >= 15 is 0 Å². The smallest absolute Gasteiger partial charge is 0.264 e. The van der Waals surface area contributed by atoms with Crippen molar-refractivity contribution in [3.8, 4) is 17.1 Å². The number of hydrogen-bond acceptors (Lipinski definition) is 6. The van der Waals surface area contributed by atoms with Gasteiger partial charge in [0.05, 0.1) is 30.4 Å². The summed E-state index contributed by atoms with van der Waals surface area (Å²) in [5.74, 6) is 1.72. The van der Waals surface area contributed by atoms with Crippen molar-refractivity contribution in [3.63, 3.8) is 0 Å². The average molecular weight is 548 g/mol. The molecule has 1 aliphatic carbocycles. The Balaban J connectivity index is 1.46. The van der Waals surface area contributed by atoms with Gasteiger partial charge in [-0.3, -0.25) is 0 Å². The van der Waals surface area contributed by atoms with E-state index in [2.05, 4.69) is 34.6 Å². The van der Waals surface area contributed by atoms with Crippen molar-refractivity contribution in [3.05, 3.63) is 65.2 Å². The van der Waals surface area contributed by atoms with Crippen molar-refractivity contribution in [2.45, 2.75) is 57.8 Å². The number of rotatable bonds is 4. The second-order valence-corrected chi connectivity index (χ2v) is 13.9. The van der Waals surface area contributed by atoms with Crippen molar-refractivity contribution in [2.75, 3.05) is 24.5 Å². The Morgan fingerprint density at radius 2 is 1.74 bits per heavy atom. The minimum atomic E-state index is -3.91. The maximum absolute atomic E-state index is 13.6. The highest BCUT2D eigenvalue weighted by Gasteiger charge is 2.53. The van der Waals surface area contributed by atoms with Gasteiger partial charge in [-0.2, -0.15) is 4.98 Å². The number of aromatic nitrogens is 2. The molecule has 1 aromatic heterocycles. The molecule has 3 aliphatic rings. The summed E-state index contributed by atoms with van der Waals surface area (Å²) in [6.45, 7) is 10.7. The second-order valence-electron chi connectivity index (χ2n) is 12.2. The molecular weight excluding hydrogens is 510 g/mol. The molecule has 39 heavy (non-hydrogen) atoms. The molecule has 6 rings (SSSR count). The van der Waals surface area contributed by atoms with E-state index in [0.29, 0.717) is 35.4 Å². The molecule has 2 fully saturated rings. The summed E-state index contributed by atoms with van der Waals surface area (Å²) in [7, 11) is -3.91. The van der Waals surface area contributed by atoms with Gasteiger partial charge in [0.2, 0.25) is 11.8 Å². The third-order valence-electron chi connectivity index (χ3n) is 8.66. The lowest BCUT2D eigenvalue weighted by Gasteiger charge is -2.56. The monoisotopic (exact) mass is 547 g/mol. The van der Waals surface area contributed by atoms with Crippen LogP contribution >= 0.6 is 0 Å². The SMILES string of the molecule is Cc1cccc(C)c1-c1cc2nc(n1)NS(=O)(=O)c1cccc(c1)C(C1CC3(COC3)C1)[C@H](CC(C)C)CO2. The maximum atomic E-state index is 13.6. The van der Waals surface area contributed by atoms with Crippen LogP contribution in [0.5, 0.6) is 5.88 Å². The van der Waals surface area contributed by atoms with Crippen LogP contribution in [0.25, 0.3) is 11.3 Å². The number of ether oxygens (including phenoxy) is 2. The number of nitrogens with zero attached hydrogens (tertiary/aromatic N) is 2. The Hall–Kier alpha value is -2.97. The van der Waals surface area contributed by atoms with E-state index in [0.717, 1.165) is 54.7 Å². The Morgan fingerprint density at radius 3 is 2.41 bits per heavy atom. The fraction of sp³-hybridized carbons (Fsp3) is 0.484. The molecule has 1 unspecified atom stereocenters. The maximum Gasteiger partial charge on any atom is 0.264 e. The van der Waals surface area contributed by atoms with E-state index < -0.39 is 10.0 Å². The largest absolute Gasteiger partial charge is 0.477 e. The highest BCUT2D eigenvalue weighted by atomic mass is 32.2. The summed E-state index contributed by atoms with van der Waals surface area (Å²) < 4.78 is 41.8. The number of sulfonamides is 1. The summed E-state index contributed by atoms with van der Waals surface area (Å²) in [6, 6.07) is 15.3. The predicted molar refractivity (Wildman–Crippen MR) is 151 cm³/mol. The Kier molecular flexibility index (Phi) is 6.66. The highest BCUT2D eigenvalue weighted by molar-refractivity contribution is 7.92. The lowest BCUT2D eigenvalue weighted by atomic mass is 9.54. The zero-order valence-corrected chi connectivity index (χ0v) is 23.9. The molecule has 0 amide bonds. The first kappa shape index (κ1) is 26.3. The van der Waals surface area contributed by atoms with Crippen LogP contribution in [-0.4, -0.2) is 38.2 Å². The third kappa shape index (κ3) is 5.05. The first-order chi connectivity index (χ1) is 18.6. The third-order valence-corrected chi connectivity index (χ3v) is 9.99. The molecule has 2 aliphatic heterocycles. The summed E-state index contributed by atoms with van der Waals surface area (Å²) in [6.07, 6.45) is 3.19. The Morgan fingerprint density at radius 1 is 1.03 bits per heavy atom. The zero-order chi connectivity index (χ0) is 27.4. The summed E-state index contributed by atoms with van der Waals surface area (Å²) in [5.41, 5.74) is 5.08. The zero-order valence-electron chi connectivity index (χ0n) is 23.1. The van der Waals surface area contributed by atoms with Crippen LogP contribution in [0.4, 0.5) is 5.95 Å². The lowest BCUT2D eigenvalue weighted by molar-refractivity contribution is -0.185. The van der Waals surface area contributed by atoms with Crippen LogP contribution in [0.1, 0.15) is 55.7 Å². The first-order valence-electron chi connectivity index (χ1n) is 13.9. The fourth-order valence-corrected chi connectivity index (χ4v) is 7.94. The lowest BCUT2D eigenvalue weighted by Crippen LogP contribution is -2.54. The number of hydrogen-bond donors (Lipinski definition) is 1. The van der Waals surface area contributed by atoms with Gasteiger partial charge < -0.3 is 9.47 Å². The standard InChI is InChI=1S/C31H37N3O4S/c1-19(2)11-23-16-38-27-13-26(28-20(3)7-5-8-21(28)4)32-30(33-27)34-39(35,36)25-10-6-9-22(12-25)29(23)24-14-31(15-24)17-37-18-31/h5-10,12-13,19,23-24,29H,11,14-18H2,1-4H3,(H,32,33,34)/t23-,29?/m1/s1. The number of anilines is 1. The van der Waals surface area contributed by atoms with Crippen LogP contribution in [0, 0.1) is 37.0 Å². The van der Waals surface area contributed by atoms with Crippen LogP contribution in [0.3, 0.4) is 0 Å². The molecule has 1 saturated heterocycles. The first-order valence-corrected chi connectivity index (χ1v) is 15.4. The molecule has 1 spiro atoms. The molecule has 1 N–H and O–H groups in total. The van der Waals surface area contributed by atoms with Gasteiger partial charge in [-0.15, -0.1) is 0 Å². The molecule has 3 heterocycles. The van der Waals surface area contributed by atoms with Crippen molar-refractivity contribution in [1.29, 1.82) is 0 Å². The van der Waals surface area contributed by atoms with Gasteiger partial charge in [0.15, 0.2) is 0 Å². The molecule has 7 nitrogen and oxygen atoms in total. The van der Waals surface area contributed by atoms with E-state index in [1.165, 1.54) is 0 Å². The second kappa shape index (κ2) is 9.89. The van der Waals surface area contributed by atoms with Crippen molar-refractivity contribution in [2.24, 2.45) is 23.2 Å². The molecule has 2 atom stereocenters. The van der Waals surface area contributed by atoms with E-state index in [1.807, 2.05) is 50.2 Å². The van der Waals surface area contributed by atoms with Gasteiger partial charge in [-0.1, -0.05) is 44.2 Å². The molecule has 4 bridgehead atoms. The van der Waals surface area contributed by atoms with Gasteiger partial charge in [-0.05, 0) is 79.7 Å². The van der Waals surface area contributed by atoms with Crippen molar-refractivity contribution >= 4 is 16.0 Å². The summed E-state index contributed by atoms with van der Waals surface area (Å²) in [4.78, 5) is 9.38. The molecule has 3 aromatic rings. The molecule has 8 heteroatoms. The van der Waals surface area contributed by atoms with Crippen molar-refractivity contribution in [1.82, 2.24) is 9.97 Å². The predicted octanol–water partition coefficient (Wildman–Crippen LogP) is 6.13. The summed E-state index contributed by atoms with van der Waals surface area (Å²) >= 11 is 0. The summed E-state index contributed by atoms with van der Waals surface area (Å²) in [5, 5.41) is 0. The fourth-order valence-electron chi connectivity index (χ4n) is 6.94. The van der Waals surface area contributed by atoms with Gasteiger partial charge in [0, 0.05) is 23.0 Å². The topological polar surface area (TPSA) is 90.4 Å². The van der Waals surface area contributed by atoms with Crippen LogP contribution in [0.2, 0.25) is 0 Å². The average Bonchev–Trinajstić information content (AvgIpc) is 2.82. The highest BCUT2D eigenvalue weighted by Crippen LogP contribution is 2.57. The van der Waals surface area contributed by atoms with E-state index in [4.69, 9.17) is 9.47 Å². The van der Waals surface area contributed by atoms with Crippen LogP contribution in [0.15, 0.2) is 53.4 Å². The molecule has 1 saturated carbocycles. The van der Waals surface area contributed by atoms with Crippen LogP contribution in [-0.2, 0) is 14.8 Å². The minimum absolute atomic E-state index is 0.0130. The van der Waals surface area contributed by atoms with Gasteiger partial charge in [-0.25, -0.2) is 18.1 Å². The van der Waals surface area contributed by atoms with Gasteiger partial charge in [0.25, 0.3) is 10.0 Å². The minimum Gasteiger partial charge on any atom is -0.477 e. The van der Waals surface area contributed by atoms with Gasteiger partial charge in [0.1, 0.15) is 0 Å². The molecule has 206 valence electrons. The number of benzene rings is 2. The number of nitrogens with one attached hydrogen (secondary N) is 1. The van der Waals surface area contributed by atoms with Crippen molar-refractivity contribution < 1.29 is 17.9 Å².